The predicted octanol–water partition coefficient (Wildman–Crippen LogP) is 1.38. The fraction of sp³-hybridized carbons (Fsp3) is 0.857. The number of rotatable bonds is 11. The monoisotopic (exact) mass is 321 g/mol. The lowest BCUT2D eigenvalue weighted by Gasteiger charge is -2.23. The normalized spacial score (nSPS) is 12.7. The molecule has 22 heavy (non-hydrogen) atoms. The lowest BCUT2D eigenvalue weighted by molar-refractivity contribution is -0.137. The van der Waals surface area contributed by atoms with Gasteiger partial charge in [0.2, 0.25) is 0 Å². The van der Waals surface area contributed by atoms with Gasteiger partial charge in [0.25, 0.3) is 0 Å². The van der Waals surface area contributed by atoms with E-state index in [2.05, 4.69) is 5.32 Å². The molecular weight excluding hydrogens is 294 g/mol. The van der Waals surface area contributed by atoms with Gasteiger partial charge in [0.1, 0.15) is 12.4 Å². The van der Waals surface area contributed by atoms with Gasteiger partial charge in [0, 0.05) is 13.5 Å². The number of carbonyl (C=O) groups is 2. The average Bonchev–Trinajstić information content (AvgIpc) is 2.37. The highest BCUT2D eigenvalue weighted by molar-refractivity contribution is 5.69. The van der Waals surface area contributed by atoms with Crippen molar-refractivity contribution in [3.05, 3.63) is 0 Å². The Morgan fingerprint density at radius 3 is 2.41 bits per heavy atom. The summed E-state index contributed by atoms with van der Waals surface area (Å²) >= 11 is 0. The minimum absolute atomic E-state index is 0.0446. The van der Waals surface area contributed by atoms with Crippen LogP contribution in [0.5, 0.6) is 0 Å². The number of hydrogen-bond acceptors (Lipinski definition) is 6. The van der Waals surface area contributed by atoms with Crippen LogP contribution in [0.4, 0.5) is 4.79 Å². The van der Waals surface area contributed by atoms with Gasteiger partial charge < -0.3 is 29.4 Å². The van der Waals surface area contributed by atoms with E-state index in [0.717, 1.165) is 0 Å². The Balaban J connectivity index is 4.14. The number of carboxylic acids is 1. The van der Waals surface area contributed by atoms with Crippen LogP contribution in [-0.4, -0.2) is 62.5 Å². The predicted molar refractivity (Wildman–Crippen MR) is 78.7 cm³/mol. The van der Waals surface area contributed by atoms with E-state index in [9.17, 15) is 9.59 Å². The molecule has 0 aromatic carbocycles. The number of ether oxygens (including phenoxy) is 4. The van der Waals surface area contributed by atoms with Crippen LogP contribution < -0.4 is 5.32 Å². The van der Waals surface area contributed by atoms with E-state index in [1.54, 1.807) is 27.9 Å². The van der Waals surface area contributed by atoms with Gasteiger partial charge in [-0.1, -0.05) is 0 Å². The van der Waals surface area contributed by atoms with Crippen LogP contribution in [0.3, 0.4) is 0 Å². The Morgan fingerprint density at radius 1 is 1.18 bits per heavy atom. The van der Waals surface area contributed by atoms with Crippen molar-refractivity contribution in [1.29, 1.82) is 0 Å². The van der Waals surface area contributed by atoms with Gasteiger partial charge in [-0.3, -0.25) is 4.79 Å². The fourth-order valence-electron chi connectivity index (χ4n) is 1.42. The highest BCUT2D eigenvalue weighted by atomic mass is 16.7. The Bertz CT molecular complexity index is 328. The largest absolute Gasteiger partial charge is 0.481 e. The zero-order chi connectivity index (χ0) is 17.0. The van der Waals surface area contributed by atoms with Crippen molar-refractivity contribution >= 4 is 12.1 Å². The third-order valence-corrected chi connectivity index (χ3v) is 2.35. The number of aliphatic carboxylic acids is 1. The molecule has 8 nitrogen and oxygen atoms in total. The number of hydrogen-bond donors (Lipinski definition) is 2. The highest BCUT2D eigenvalue weighted by Crippen LogP contribution is 2.08. The molecule has 0 bridgehead atoms. The maximum atomic E-state index is 11.7. The van der Waals surface area contributed by atoms with Gasteiger partial charge in [-0.05, 0) is 27.2 Å². The van der Waals surface area contributed by atoms with Gasteiger partial charge in [-0.2, -0.15) is 0 Å². The zero-order valence-electron chi connectivity index (χ0n) is 13.7. The number of alkyl carbamates (subject to hydrolysis) is 1. The van der Waals surface area contributed by atoms with Crippen LogP contribution in [0.25, 0.3) is 0 Å². The van der Waals surface area contributed by atoms with Crippen molar-refractivity contribution in [2.24, 2.45) is 0 Å². The lowest BCUT2D eigenvalue weighted by Crippen LogP contribution is -2.42. The summed E-state index contributed by atoms with van der Waals surface area (Å²) in [6, 6.07) is -0.461. The molecule has 0 aromatic heterocycles. The fourth-order valence-corrected chi connectivity index (χ4v) is 1.42. The van der Waals surface area contributed by atoms with E-state index in [1.807, 2.05) is 0 Å². The van der Waals surface area contributed by atoms with E-state index >= 15 is 0 Å². The molecule has 1 atom stereocenters. The minimum Gasteiger partial charge on any atom is -0.481 e. The molecular formula is C14H27NO7. The molecule has 0 aromatic rings. The molecule has 0 saturated heterocycles. The molecule has 0 aliphatic heterocycles. The van der Waals surface area contributed by atoms with Gasteiger partial charge in [-0.15, -0.1) is 0 Å². The van der Waals surface area contributed by atoms with Gasteiger partial charge >= 0.3 is 12.1 Å². The quantitative estimate of drug-likeness (QED) is 0.437. The second-order valence-electron chi connectivity index (χ2n) is 5.67. The molecule has 1 amide bonds. The van der Waals surface area contributed by atoms with Crippen LogP contribution in [0, 0.1) is 0 Å². The summed E-state index contributed by atoms with van der Waals surface area (Å²) in [7, 11) is 1.57. The summed E-state index contributed by atoms with van der Waals surface area (Å²) in [6.07, 6.45) is -0.437. The van der Waals surface area contributed by atoms with Crippen molar-refractivity contribution in [3.8, 4) is 0 Å². The number of methoxy groups -OCH3 is 1. The second-order valence-corrected chi connectivity index (χ2v) is 5.67. The van der Waals surface area contributed by atoms with Crippen molar-refractivity contribution < 1.29 is 33.6 Å². The maximum absolute atomic E-state index is 11.7. The first-order chi connectivity index (χ1) is 10.2. The molecule has 0 aliphatic carbocycles. The molecule has 0 saturated carbocycles. The van der Waals surface area contributed by atoms with Gasteiger partial charge in [-0.25, -0.2) is 4.79 Å². The van der Waals surface area contributed by atoms with E-state index in [0.29, 0.717) is 13.2 Å². The molecule has 2 N–H and O–H groups in total. The average molecular weight is 321 g/mol. The molecule has 130 valence electrons. The summed E-state index contributed by atoms with van der Waals surface area (Å²) in [5.41, 5.74) is -0.619. The summed E-state index contributed by atoms with van der Waals surface area (Å²) in [5, 5.41) is 11.3. The first-order valence-corrected chi connectivity index (χ1v) is 7.10. The maximum Gasteiger partial charge on any atom is 0.407 e. The number of amides is 1. The summed E-state index contributed by atoms with van der Waals surface area (Å²) in [4.78, 5) is 22.3. The third kappa shape index (κ3) is 13.6. The number of carboxylic acid groups (broad SMARTS) is 1. The molecule has 0 heterocycles. The SMILES string of the molecule is COCCOCOC[C@H](CCC(=O)O)NC(=O)OC(C)(C)C. The molecule has 0 unspecified atom stereocenters. The second kappa shape index (κ2) is 11.2. The highest BCUT2D eigenvalue weighted by Gasteiger charge is 2.20. The standard InChI is InChI=1S/C14H27NO7/c1-14(2,3)22-13(18)15-11(5-6-12(16)17)9-21-10-20-8-7-19-4/h11H,5-10H2,1-4H3,(H,15,18)(H,16,17)/t11-/m0/s1. The van der Waals surface area contributed by atoms with E-state index < -0.39 is 23.7 Å². The van der Waals surface area contributed by atoms with Crippen LogP contribution in [0.2, 0.25) is 0 Å². The van der Waals surface area contributed by atoms with Crippen LogP contribution in [0.1, 0.15) is 33.6 Å². The summed E-state index contributed by atoms with van der Waals surface area (Å²) < 4.78 is 20.3. The summed E-state index contributed by atoms with van der Waals surface area (Å²) in [5.74, 6) is -0.938. The first kappa shape index (κ1) is 20.6. The Morgan fingerprint density at radius 2 is 1.86 bits per heavy atom. The third-order valence-electron chi connectivity index (χ3n) is 2.35. The summed E-state index contributed by atoms with van der Waals surface area (Å²) in [6.45, 7) is 6.29. The van der Waals surface area contributed by atoms with Crippen molar-refractivity contribution in [1.82, 2.24) is 5.32 Å². The Hall–Kier alpha value is -1.38. The van der Waals surface area contributed by atoms with Gasteiger partial charge in [0.15, 0.2) is 0 Å². The molecule has 0 fully saturated rings. The topological polar surface area (TPSA) is 103 Å². The number of carbonyl (C=O) groups excluding carboxylic acids is 1. The van der Waals surface area contributed by atoms with E-state index in [-0.39, 0.29) is 26.2 Å². The first-order valence-electron chi connectivity index (χ1n) is 7.10. The van der Waals surface area contributed by atoms with Crippen LogP contribution in [0.15, 0.2) is 0 Å². The van der Waals surface area contributed by atoms with Gasteiger partial charge in [0.05, 0.1) is 25.9 Å². The molecule has 0 rings (SSSR count). The smallest absolute Gasteiger partial charge is 0.407 e. The molecule has 0 spiro atoms. The number of nitrogens with one attached hydrogen (secondary N) is 1. The minimum atomic E-state index is -0.938. The lowest BCUT2D eigenvalue weighted by atomic mass is 10.1. The molecule has 8 heteroatoms. The van der Waals surface area contributed by atoms with E-state index in [4.69, 9.17) is 24.1 Å². The van der Waals surface area contributed by atoms with Crippen molar-refractivity contribution in [2.75, 3.05) is 33.7 Å². The molecule has 0 radical (unpaired) electrons. The molecule has 0 aliphatic rings. The Labute approximate surface area is 131 Å². The van der Waals surface area contributed by atoms with E-state index in [1.165, 1.54) is 0 Å². The van der Waals surface area contributed by atoms with Crippen LogP contribution >= 0.6 is 0 Å². The van der Waals surface area contributed by atoms with Crippen molar-refractivity contribution in [3.63, 3.8) is 0 Å². The van der Waals surface area contributed by atoms with Crippen LogP contribution in [-0.2, 0) is 23.7 Å². The zero-order valence-corrected chi connectivity index (χ0v) is 13.7. The van der Waals surface area contributed by atoms with Crippen molar-refractivity contribution in [2.45, 2.75) is 45.3 Å². The Kier molecular flexibility index (Phi) is 10.5.